The molecule has 3 rings (SSSR count). The molecule has 1 heterocycles. The Morgan fingerprint density at radius 3 is 2.43 bits per heavy atom. The first-order valence-electron chi connectivity index (χ1n) is 7.23. The molecule has 0 aliphatic carbocycles. The quantitative estimate of drug-likeness (QED) is 0.831. The third kappa shape index (κ3) is 2.70. The monoisotopic (exact) mass is 352 g/mol. The number of fused-ring (bicyclic) bond motifs is 1. The van der Waals surface area contributed by atoms with Gasteiger partial charge in [0.1, 0.15) is 16.7 Å². The third-order valence-electron chi connectivity index (χ3n) is 4.12. The van der Waals surface area contributed by atoms with E-state index in [1.807, 2.05) is 24.3 Å². The van der Waals surface area contributed by atoms with E-state index >= 15 is 0 Å². The molecule has 2 aromatic carbocycles. The smallest absolute Gasteiger partial charge is 0.204 e. The first-order chi connectivity index (χ1) is 11.0. The number of benzene rings is 2. The molecule has 1 aliphatic rings. The van der Waals surface area contributed by atoms with Gasteiger partial charge in [-0.2, -0.15) is 10.6 Å². The summed E-state index contributed by atoms with van der Waals surface area (Å²) >= 11 is 0. The molecule has 1 aliphatic heterocycles. The molecule has 2 N–H and O–H groups in total. The molecule has 5 nitrogen and oxygen atoms in total. The van der Waals surface area contributed by atoms with E-state index in [0.29, 0.717) is 26.9 Å². The second-order valence-corrected chi connectivity index (χ2v) is 8.17. The van der Waals surface area contributed by atoms with Crippen molar-refractivity contribution < 1.29 is 23.0 Å². The average Bonchev–Trinajstić information content (AvgIpc) is 2.58. The first-order valence-corrected chi connectivity index (χ1v) is 9.66. The minimum absolute atomic E-state index is 0.403. The number of methoxy groups -OCH3 is 1. The molecule has 23 heavy (non-hydrogen) atoms. The summed E-state index contributed by atoms with van der Waals surface area (Å²) in [6.07, 6.45) is -0.466. The minimum Gasteiger partial charge on any atom is -0.553 e. The van der Waals surface area contributed by atoms with E-state index in [0.717, 1.165) is 11.3 Å². The number of rotatable bonds is 3. The number of hydrogen-bond donors (Lipinski definition) is 2. The van der Waals surface area contributed by atoms with Gasteiger partial charge >= 0.3 is 0 Å². The molecule has 0 bridgehead atoms. The molecule has 0 fully saturated rings. The summed E-state index contributed by atoms with van der Waals surface area (Å²) < 4.78 is 38.2. The highest BCUT2D eigenvalue weighted by atomic mass is 32.3. The van der Waals surface area contributed by atoms with E-state index in [-0.39, 0.29) is 0 Å². The molecular formula is C16H20O5SSi. The van der Waals surface area contributed by atoms with Gasteiger partial charge in [0.15, 0.2) is 11.5 Å². The first kappa shape index (κ1) is 16.2. The molecule has 0 spiro atoms. The molecule has 0 aromatic heterocycles. The van der Waals surface area contributed by atoms with Crippen LogP contribution in [0.4, 0.5) is 0 Å². The number of ether oxygens (including phenoxy) is 2. The summed E-state index contributed by atoms with van der Waals surface area (Å²) in [5.41, 5.74) is 0.872. The van der Waals surface area contributed by atoms with Crippen molar-refractivity contribution in [1.82, 2.24) is 0 Å². The fourth-order valence-corrected chi connectivity index (χ4v) is 4.67. The van der Waals surface area contributed by atoms with Crippen molar-refractivity contribution >= 4 is 21.1 Å². The molecule has 0 saturated heterocycles. The summed E-state index contributed by atoms with van der Waals surface area (Å²) in [6, 6.07) is 12.7. The second kappa shape index (κ2) is 6.08. The van der Waals surface area contributed by atoms with Gasteiger partial charge in [-0.1, -0.05) is 18.2 Å². The Balaban J connectivity index is 2.06. The predicted octanol–water partition coefficient (Wildman–Crippen LogP) is 2.99. The fraction of sp³-hybridized carbons (Fsp3) is 0.250. The van der Waals surface area contributed by atoms with Gasteiger partial charge < -0.3 is 13.9 Å². The van der Waals surface area contributed by atoms with Crippen LogP contribution in [-0.4, -0.2) is 32.0 Å². The highest BCUT2D eigenvalue weighted by Gasteiger charge is 2.41. The van der Waals surface area contributed by atoms with Crippen LogP contribution in [0.15, 0.2) is 47.4 Å². The molecule has 0 radical (unpaired) electrons. The average molecular weight is 352 g/mol. The van der Waals surface area contributed by atoms with Crippen molar-refractivity contribution in [3.8, 4) is 17.2 Å². The van der Waals surface area contributed by atoms with Gasteiger partial charge in [0, 0.05) is 0 Å². The van der Waals surface area contributed by atoms with Gasteiger partial charge in [-0.25, -0.2) is 0 Å². The van der Waals surface area contributed by atoms with Crippen molar-refractivity contribution in [2.24, 2.45) is 0 Å². The molecule has 7 heteroatoms. The summed E-state index contributed by atoms with van der Waals surface area (Å²) in [6.45, 7) is 1.79. The fourth-order valence-electron chi connectivity index (χ4n) is 2.74. The zero-order valence-electron chi connectivity index (χ0n) is 13.2. The van der Waals surface area contributed by atoms with Gasteiger partial charge in [0.25, 0.3) is 0 Å². The van der Waals surface area contributed by atoms with Crippen LogP contribution in [0.3, 0.4) is 0 Å². The highest BCUT2D eigenvalue weighted by molar-refractivity contribution is 8.25. The Hall–Kier alpha value is -1.67. The molecule has 124 valence electrons. The van der Waals surface area contributed by atoms with Crippen LogP contribution in [0.2, 0.25) is 0 Å². The lowest BCUT2D eigenvalue weighted by Gasteiger charge is -2.47. The Morgan fingerprint density at radius 2 is 1.83 bits per heavy atom. The zero-order chi connectivity index (χ0) is 16.6. The van der Waals surface area contributed by atoms with Crippen molar-refractivity contribution in [2.45, 2.75) is 23.2 Å². The van der Waals surface area contributed by atoms with Crippen molar-refractivity contribution in [3.05, 3.63) is 48.0 Å². The van der Waals surface area contributed by atoms with Crippen LogP contribution < -0.4 is 13.9 Å². The Morgan fingerprint density at radius 1 is 1.13 bits per heavy atom. The summed E-state index contributed by atoms with van der Waals surface area (Å²) in [4.78, 5) is 0.403. The second-order valence-electron chi connectivity index (χ2n) is 5.40. The van der Waals surface area contributed by atoms with E-state index in [2.05, 4.69) is 0 Å². The summed E-state index contributed by atoms with van der Waals surface area (Å²) in [5, 5.41) is -0.468. The molecule has 2 atom stereocenters. The van der Waals surface area contributed by atoms with E-state index in [4.69, 9.17) is 13.9 Å². The number of para-hydroxylation sites is 1. The van der Waals surface area contributed by atoms with Crippen molar-refractivity contribution in [1.29, 1.82) is 0 Å². The standard InChI is InChI=1S/C16H20O5SSi/c1-10-15(11-6-8-12(21-23)9-7-11)20-16-13(19-2)4-3-5-14(16)22(10,17)18/h3-10,15,17-18H,1-2,23H3/t10-,15+/m0/s1. The van der Waals surface area contributed by atoms with Crippen LogP contribution in [0.5, 0.6) is 17.2 Å². The number of hydrogen-bond acceptors (Lipinski definition) is 5. The van der Waals surface area contributed by atoms with E-state index in [1.54, 1.807) is 25.1 Å². The topological polar surface area (TPSA) is 68.2 Å². The Bertz CT molecular complexity index is 704. The summed E-state index contributed by atoms with van der Waals surface area (Å²) in [5.74, 6) is 1.70. The molecular weight excluding hydrogens is 332 g/mol. The van der Waals surface area contributed by atoms with Gasteiger partial charge in [0.2, 0.25) is 10.5 Å². The maximum Gasteiger partial charge on any atom is 0.204 e. The SMILES string of the molecule is COc1cccc2c1O[C@@H](c1ccc(O[SiH3])cc1)[C@H](C)S2(O)O. The maximum atomic E-state index is 10.7. The van der Waals surface area contributed by atoms with E-state index < -0.39 is 21.9 Å². The zero-order valence-corrected chi connectivity index (χ0v) is 16.0. The van der Waals surface area contributed by atoms with Crippen molar-refractivity contribution in [3.63, 3.8) is 0 Å². The van der Waals surface area contributed by atoms with Gasteiger partial charge in [-0.15, -0.1) is 0 Å². The van der Waals surface area contributed by atoms with Gasteiger partial charge in [-0.3, -0.25) is 9.11 Å². The normalized spacial score (nSPS) is 23.5. The van der Waals surface area contributed by atoms with Crippen LogP contribution >= 0.6 is 10.6 Å². The maximum absolute atomic E-state index is 10.7. The molecule has 0 amide bonds. The Labute approximate surface area is 140 Å². The van der Waals surface area contributed by atoms with Crippen LogP contribution in [0.25, 0.3) is 0 Å². The highest BCUT2D eigenvalue weighted by Crippen LogP contribution is 2.64. The van der Waals surface area contributed by atoms with Crippen LogP contribution in [-0.2, 0) is 0 Å². The van der Waals surface area contributed by atoms with Gasteiger partial charge in [-0.05, 0) is 36.8 Å². The van der Waals surface area contributed by atoms with E-state index in [1.165, 1.54) is 7.11 Å². The minimum atomic E-state index is -3.00. The molecule has 0 saturated carbocycles. The lowest BCUT2D eigenvalue weighted by Crippen LogP contribution is -2.31. The molecule has 2 aromatic rings. The predicted molar refractivity (Wildman–Crippen MR) is 93.9 cm³/mol. The van der Waals surface area contributed by atoms with Gasteiger partial charge in [0.05, 0.1) is 12.4 Å². The van der Waals surface area contributed by atoms with Crippen LogP contribution in [0, 0.1) is 0 Å². The van der Waals surface area contributed by atoms with Crippen molar-refractivity contribution in [2.75, 3.05) is 7.11 Å². The molecule has 0 unspecified atom stereocenters. The van der Waals surface area contributed by atoms with Crippen LogP contribution in [0.1, 0.15) is 18.6 Å². The Kier molecular flexibility index (Phi) is 4.28. The third-order valence-corrected chi connectivity index (χ3v) is 6.84. The summed E-state index contributed by atoms with van der Waals surface area (Å²) in [7, 11) is -0.834. The largest absolute Gasteiger partial charge is 0.553 e. The van der Waals surface area contributed by atoms with E-state index in [9.17, 15) is 9.11 Å². The lowest BCUT2D eigenvalue weighted by atomic mass is 10.1. The lowest BCUT2D eigenvalue weighted by molar-refractivity contribution is 0.173.